The molecule has 0 aliphatic rings. The van der Waals surface area contributed by atoms with E-state index in [-0.39, 0.29) is 0 Å². The molecule has 0 spiro atoms. The van der Waals surface area contributed by atoms with E-state index >= 15 is 0 Å². The molecule has 0 fully saturated rings. The number of nitrogens with zero attached hydrogens (tertiary/aromatic N) is 3. The van der Waals surface area contributed by atoms with E-state index in [2.05, 4.69) is 23.9 Å². The third kappa shape index (κ3) is 1.92. The molecule has 3 heteroatoms. The Hall–Kier alpha value is -1.38. The number of rotatable bonds is 1. The van der Waals surface area contributed by atoms with E-state index < -0.39 is 0 Å². The maximum atomic E-state index is 4.19. The molecule has 2 heterocycles. The van der Waals surface area contributed by atoms with Gasteiger partial charge in [0, 0.05) is 18.0 Å². The van der Waals surface area contributed by atoms with Crippen molar-refractivity contribution in [2.45, 2.75) is 33.6 Å². The van der Waals surface area contributed by atoms with Crippen molar-refractivity contribution in [2.75, 3.05) is 0 Å². The van der Waals surface area contributed by atoms with Crippen molar-refractivity contribution in [3.63, 3.8) is 0 Å². The molecule has 0 aromatic carbocycles. The molecule has 76 valence electrons. The van der Waals surface area contributed by atoms with Gasteiger partial charge in [0.05, 0.1) is 6.20 Å². The number of hydrogen-bond donors (Lipinski definition) is 0. The smallest absolute Gasteiger partial charge is 0.155 e. The lowest BCUT2D eigenvalue weighted by Crippen LogP contribution is -2.00. The van der Waals surface area contributed by atoms with Crippen molar-refractivity contribution in [2.24, 2.45) is 0 Å². The van der Waals surface area contributed by atoms with Crippen LogP contribution in [0, 0.1) is 0 Å². The monoisotopic (exact) mass is 191 g/mol. The number of hydrogen-bond acceptors (Lipinski definition) is 2. The fraction of sp³-hybridized carbons (Fsp3) is 0.455. The van der Waals surface area contributed by atoms with Gasteiger partial charge in [-0.25, -0.2) is 9.50 Å². The highest BCUT2D eigenvalue weighted by Gasteiger charge is 2.04. The minimum absolute atomic E-state index is 0.482. The van der Waals surface area contributed by atoms with E-state index in [9.17, 15) is 0 Å². The summed E-state index contributed by atoms with van der Waals surface area (Å²) >= 11 is 0. The molecule has 0 radical (unpaired) electrons. The lowest BCUT2D eigenvalue weighted by Gasteiger charge is -2.06. The van der Waals surface area contributed by atoms with Crippen LogP contribution >= 0.6 is 0 Å². The Bertz CT molecular complexity index is 390. The Kier molecular flexibility index (Phi) is 3.63. The summed E-state index contributed by atoms with van der Waals surface area (Å²) in [5, 5.41) is 4.19. The molecule has 0 bridgehead atoms. The second-order valence-electron chi connectivity index (χ2n) is 3.13. The molecule has 0 aliphatic carbocycles. The normalized spacial score (nSPS) is 10.1. The predicted molar refractivity (Wildman–Crippen MR) is 58.4 cm³/mol. The fourth-order valence-electron chi connectivity index (χ4n) is 1.29. The molecule has 0 unspecified atom stereocenters. The third-order valence-corrected chi connectivity index (χ3v) is 1.91. The second-order valence-corrected chi connectivity index (χ2v) is 3.13. The largest absolute Gasteiger partial charge is 0.237 e. The standard InChI is InChI=1S/C9H11N3.C2H6/c1-7(2)8-3-5-10-9-4-6-11-12(8)9;1-2/h3-7H,1-2H3;1-2H3. The molecular formula is C11H17N3. The molecule has 0 atom stereocenters. The molecule has 2 aromatic heterocycles. The van der Waals surface area contributed by atoms with Crippen molar-refractivity contribution in [3.8, 4) is 0 Å². The van der Waals surface area contributed by atoms with Crippen LogP contribution in [-0.2, 0) is 0 Å². The zero-order valence-electron chi connectivity index (χ0n) is 9.23. The van der Waals surface area contributed by atoms with Gasteiger partial charge in [0.25, 0.3) is 0 Å². The summed E-state index contributed by atoms with van der Waals surface area (Å²) in [4.78, 5) is 4.18. The summed E-state index contributed by atoms with van der Waals surface area (Å²) in [6.45, 7) is 8.30. The summed E-state index contributed by atoms with van der Waals surface area (Å²) in [6.07, 6.45) is 3.60. The zero-order valence-corrected chi connectivity index (χ0v) is 9.23. The minimum atomic E-state index is 0.482. The highest BCUT2D eigenvalue weighted by atomic mass is 15.2. The van der Waals surface area contributed by atoms with E-state index in [4.69, 9.17) is 0 Å². The molecule has 3 nitrogen and oxygen atoms in total. The van der Waals surface area contributed by atoms with Gasteiger partial charge in [-0.1, -0.05) is 27.7 Å². The quantitative estimate of drug-likeness (QED) is 0.693. The van der Waals surface area contributed by atoms with Crippen LogP contribution in [0.15, 0.2) is 24.5 Å². The Balaban J connectivity index is 0.000000461. The van der Waals surface area contributed by atoms with Gasteiger partial charge in [0.1, 0.15) is 0 Å². The molecule has 0 saturated heterocycles. The second kappa shape index (κ2) is 4.74. The van der Waals surface area contributed by atoms with Crippen LogP contribution in [0.5, 0.6) is 0 Å². The lowest BCUT2D eigenvalue weighted by atomic mass is 10.1. The van der Waals surface area contributed by atoms with Crippen LogP contribution in [0.25, 0.3) is 5.65 Å². The first kappa shape index (κ1) is 10.7. The van der Waals surface area contributed by atoms with Crippen molar-refractivity contribution in [3.05, 3.63) is 30.2 Å². The average Bonchev–Trinajstić information content (AvgIpc) is 2.67. The molecule has 0 N–H and O–H groups in total. The first-order valence-electron chi connectivity index (χ1n) is 5.07. The van der Waals surface area contributed by atoms with Gasteiger partial charge in [0.15, 0.2) is 5.65 Å². The van der Waals surface area contributed by atoms with Crippen molar-refractivity contribution >= 4 is 5.65 Å². The topological polar surface area (TPSA) is 30.2 Å². The van der Waals surface area contributed by atoms with E-state index in [1.54, 1.807) is 6.20 Å². The van der Waals surface area contributed by atoms with Crippen molar-refractivity contribution in [1.82, 2.24) is 14.6 Å². The van der Waals surface area contributed by atoms with Gasteiger partial charge in [-0.05, 0) is 12.0 Å². The first-order chi connectivity index (χ1) is 6.79. The summed E-state index contributed by atoms with van der Waals surface area (Å²) in [6, 6.07) is 3.91. The van der Waals surface area contributed by atoms with Gasteiger partial charge < -0.3 is 0 Å². The highest BCUT2D eigenvalue weighted by Crippen LogP contribution is 2.13. The van der Waals surface area contributed by atoms with Gasteiger partial charge in [-0.3, -0.25) is 0 Å². The Morgan fingerprint density at radius 2 is 1.86 bits per heavy atom. The zero-order chi connectivity index (χ0) is 10.6. The number of fused-ring (bicyclic) bond motifs is 1. The van der Waals surface area contributed by atoms with E-state index in [0.29, 0.717) is 5.92 Å². The summed E-state index contributed by atoms with van der Waals surface area (Å²) < 4.78 is 1.88. The average molecular weight is 191 g/mol. The summed E-state index contributed by atoms with van der Waals surface area (Å²) in [5.41, 5.74) is 2.12. The number of aromatic nitrogens is 3. The van der Waals surface area contributed by atoms with Gasteiger partial charge >= 0.3 is 0 Å². The molecular weight excluding hydrogens is 174 g/mol. The molecule has 2 rings (SSSR count). The fourth-order valence-corrected chi connectivity index (χ4v) is 1.29. The van der Waals surface area contributed by atoms with E-state index in [1.807, 2.05) is 36.7 Å². The molecule has 14 heavy (non-hydrogen) atoms. The predicted octanol–water partition coefficient (Wildman–Crippen LogP) is 2.88. The summed E-state index contributed by atoms with van der Waals surface area (Å²) in [7, 11) is 0. The lowest BCUT2D eigenvalue weighted by molar-refractivity contribution is 0.749. The van der Waals surface area contributed by atoms with Gasteiger partial charge in [-0.15, -0.1) is 0 Å². The molecule has 0 amide bonds. The Morgan fingerprint density at radius 3 is 2.50 bits per heavy atom. The van der Waals surface area contributed by atoms with Crippen LogP contribution in [0.3, 0.4) is 0 Å². The van der Waals surface area contributed by atoms with Gasteiger partial charge in [-0.2, -0.15) is 5.10 Å². The Labute approximate surface area is 84.8 Å². The maximum absolute atomic E-state index is 4.19. The van der Waals surface area contributed by atoms with E-state index in [1.165, 1.54) is 5.69 Å². The van der Waals surface area contributed by atoms with E-state index in [0.717, 1.165) is 5.65 Å². The van der Waals surface area contributed by atoms with Crippen LogP contribution in [0.1, 0.15) is 39.3 Å². The van der Waals surface area contributed by atoms with Crippen molar-refractivity contribution in [1.29, 1.82) is 0 Å². The maximum Gasteiger partial charge on any atom is 0.155 e. The van der Waals surface area contributed by atoms with Crippen LogP contribution in [0.2, 0.25) is 0 Å². The molecule has 2 aromatic rings. The molecule has 0 aliphatic heterocycles. The van der Waals surface area contributed by atoms with Crippen LogP contribution < -0.4 is 0 Å². The third-order valence-electron chi connectivity index (χ3n) is 1.91. The molecule has 0 saturated carbocycles. The van der Waals surface area contributed by atoms with Crippen LogP contribution in [0.4, 0.5) is 0 Å². The Morgan fingerprint density at radius 1 is 1.14 bits per heavy atom. The first-order valence-corrected chi connectivity index (χ1v) is 5.07. The highest BCUT2D eigenvalue weighted by molar-refractivity contribution is 5.37. The van der Waals surface area contributed by atoms with Gasteiger partial charge in [0.2, 0.25) is 0 Å². The minimum Gasteiger partial charge on any atom is -0.237 e. The SMILES string of the molecule is CC.CC(C)c1ccnc2ccnn12. The van der Waals surface area contributed by atoms with Crippen molar-refractivity contribution < 1.29 is 0 Å². The van der Waals surface area contributed by atoms with Crippen LogP contribution in [-0.4, -0.2) is 14.6 Å². The summed E-state index contributed by atoms with van der Waals surface area (Å²) in [5.74, 6) is 0.482.